The molecule has 16 heavy (non-hydrogen) atoms. The van der Waals surface area contributed by atoms with Crippen LogP contribution in [0.15, 0.2) is 12.1 Å². The minimum absolute atomic E-state index is 0.00981. The van der Waals surface area contributed by atoms with Crippen LogP contribution in [-0.2, 0) is 5.92 Å². The second-order valence-electron chi connectivity index (χ2n) is 4.44. The molecule has 0 aliphatic carbocycles. The number of methoxy groups -OCH3 is 1. The normalized spacial score (nSPS) is 12.0. The third-order valence-corrected chi connectivity index (χ3v) is 2.72. The molecule has 0 N–H and O–H groups in total. The van der Waals surface area contributed by atoms with Crippen molar-refractivity contribution in [3.05, 3.63) is 28.8 Å². The van der Waals surface area contributed by atoms with Gasteiger partial charge in [-0.3, -0.25) is 0 Å². The molecule has 1 nitrogen and oxygen atoms in total. The fraction of sp³-hybridized carbons (Fsp3) is 0.538. The van der Waals surface area contributed by atoms with Gasteiger partial charge in [-0.05, 0) is 31.0 Å². The third kappa shape index (κ3) is 2.18. The van der Waals surface area contributed by atoms with Crippen molar-refractivity contribution < 1.29 is 13.5 Å². The fourth-order valence-corrected chi connectivity index (χ4v) is 1.81. The van der Waals surface area contributed by atoms with Gasteiger partial charge in [0.15, 0.2) is 0 Å². The van der Waals surface area contributed by atoms with Crippen LogP contribution >= 0.6 is 0 Å². The number of hydrogen-bond acceptors (Lipinski definition) is 1. The van der Waals surface area contributed by atoms with E-state index in [1.807, 2.05) is 6.92 Å². The van der Waals surface area contributed by atoms with E-state index in [1.54, 1.807) is 19.1 Å². The second kappa shape index (κ2) is 4.40. The lowest BCUT2D eigenvalue weighted by Crippen LogP contribution is -2.23. The number of ether oxygens (including phenoxy) is 1. The van der Waals surface area contributed by atoms with Gasteiger partial charge in [0.2, 0.25) is 0 Å². The Bertz CT molecular complexity index is 384. The molecular formula is C13H18F2O. The van der Waals surface area contributed by atoms with Crippen molar-refractivity contribution in [1.82, 2.24) is 0 Å². The van der Waals surface area contributed by atoms with E-state index in [-0.39, 0.29) is 11.3 Å². The molecule has 0 saturated carbocycles. The van der Waals surface area contributed by atoms with Crippen molar-refractivity contribution in [3.8, 4) is 5.75 Å². The van der Waals surface area contributed by atoms with Crippen LogP contribution in [0.4, 0.5) is 8.78 Å². The first-order valence-electron chi connectivity index (χ1n) is 5.34. The molecule has 0 aliphatic heterocycles. The number of halogens is 2. The van der Waals surface area contributed by atoms with Crippen LogP contribution in [-0.4, -0.2) is 7.11 Å². The van der Waals surface area contributed by atoms with Crippen molar-refractivity contribution in [1.29, 1.82) is 0 Å². The van der Waals surface area contributed by atoms with Crippen LogP contribution in [0.3, 0.4) is 0 Å². The van der Waals surface area contributed by atoms with Gasteiger partial charge < -0.3 is 4.74 Å². The van der Waals surface area contributed by atoms with Crippen molar-refractivity contribution in [2.75, 3.05) is 7.11 Å². The topological polar surface area (TPSA) is 9.23 Å². The Hall–Kier alpha value is -1.12. The summed E-state index contributed by atoms with van der Waals surface area (Å²) < 4.78 is 33.1. The maximum absolute atomic E-state index is 14.0. The molecule has 0 bridgehead atoms. The number of rotatable bonds is 3. The molecular weight excluding hydrogens is 210 g/mol. The van der Waals surface area contributed by atoms with Gasteiger partial charge in [-0.2, -0.15) is 0 Å². The Balaban J connectivity index is 3.43. The van der Waals surface area contributed by atoms with Gasteiger partial charge in [-0.25, -0.2) is 8.78 Å². The highest BCUT2D eigenvalue weighted by atomic mass is 19.3. The molecule has 1 rings (SSSR count). The summed E-state index contributed by atoms with van der Waals surface area (Å²) in [5.41, 5.74) is 1.52. The molecule has 90 valence electrons. The first-order valence-corrected chi connectivity index (χ1v) is 5.34. The smallest absolute Gasteiger partial charge is 0.279 e. The van der Waals surface area contributed by atoms with Crippen LogP contribution in [0.2, 0.25) is 0 Å². The van der Waals surface area contributed by atoms with E-state index in [2.05, 4.69) is 0 Å². The van der Waals surface area contributed by atoms with E-state index in [0.29, 0.717) is 5.56 Å². The quantitative estimate of drug-likeness (QED) is 0.758. The summed E-state index contributed by atoms with van der Waals surface area (Å²) in [5, 5.41) is 0. The van der Waals surface area contributed by atoms with Crippen LogP contribution in [0.25, 0.3) is 0 Å². The summed E-state index contributed by atoms with van der Waals surface area (Å²) in [4.78, 5) is 0. The molecule has 1 aromatic rings. The molecule has 0 amide bonds. The molecule has 0 unspecified atom stereocenters. The van der Waals surface area contributed by atoms with Gasteiger partial charge in [-0.15, -0.1) is 0 Å². The molecule has 1 aromatic carbocycles. The Kier molecular flexibility index (Phi) is 3.56. The molecule has 0 radical (unpaired) electrons. The summed E-state index contributed by atoms with van der Waals surface area (Å²) in [5.74, 6) is -3.33. The highest BCUT2D eigenvalue weighted by Crippen LogP contribution is 2.42. The maximum Gasteiger partial charge on any atom is 0.279 e. The predicted molar refractivity (Wildman–Crippen MR) is 61.2 cm³/mol. The Morgan fingerprint density at radius 3 is 2.19 bits per heavy atom. The minimum atomic E-state index is -2.86. The zero-order chi connectivity index (χ0) is 12.5. The Morgan fingerprint density at radius 2 is 1.75 bits per heavy atom. The van der Waals surface area contributed by atoms with Crippen molar-refractivity contribution in [2.45, 2.75) is 33.6 Å². The summed E-state index contributed by atoms with van der Waals surface area (Å²) in [6.45, 7) is 6.59. The Labute approximate surface area is 95.4 Å². The molecule has 0 fully saturated rings. The molecule has 0 spiro atoms. The Morgan fingerprint density at radius 1 is 1.19 bits per heavy atom. The fourth-order valence-electron chi connectivity index (χ4n) is 1.81. The molecule has 0 heterocycles. The van der Waals surface area contributed by atoms with Gasteiger partial charge in [0.25, 0.3) is 5.92 Å². The van der Waals surface area contributed by atoms with Crippen molar-refractivity contribution in [3.63, 3.8) is 0 Å². The predicted octanol–water partition coefficient (Wildman–Crippen LogP) is 4.06. The van der Waals surface area contributed by atoms with E-state index in [1.165, 1.54) is 21.0 Å². The van der Waals surface area contributed by atoms with Crippen LogP contribution in [0.5, 0.6) is 5.75 Å². The van der Waals surface area contributed by atoms with E-state index in [0.717, 1.165) is 5.56 Å². The van der Waals surface area contributed by atoms with E-state index >= 15 is 0 Å². The highest BCUT2D eigenvalue weighted by Gasteiger charge is 2.39. The van der Waals surface area contributed by atoms with E-state index in [4.69, 9.17) is 4.74 Å². The maximum atomic E-state index is 14.0. The number of hydrogen-bond donors (Lipinski definition) is 0. The summed E-state index contributed by atoms with van der Waals surface area (Å²) in [6.07, 6.45) is 0. The van der Waals surface area contributed by atoms with Crippen molar-refractivity contribution in [2.24, 2.45) is 5.92 Å². The zero-order valence-electron chi connectivity index (χ0n) is 10.4. The number of aryl methyl sites for hydroxylation is 2. The largest absolute Gasteiger partial charge is 0.496 e. The first kappa shape index (κ1) is 12.9. The third-order valence-electron chi connectivity index (χ3n) is 2.72. The molecule has 0 saturated heterocycles. The number of alkyl halides is 2. The SMILES string of the molecule is COc1cc(C)cc(C)c1C(F)(F)C(C)C. The summed E-state index contributed by atoms with van der Waals surface area (Å²) in [7, 11) is 1.42. The van der Waals surface area contributed by atoms with Crippen LogP contribution < -0.4 is 4.74 Å². The minimum Gasteiger partial charge on any atom is -0.496 e. The molecule has 0 aromatic heterocycles. The standard InChI is InChI=1S/C13H18F2O/c1-8(2)13(14,15)12-10(4)6-9(3)7-11(12)16-5/h6-8H,1-5H3. The highest BCUT2D eigenvalue weighted by molar-refractivity contribution is 5.45. The summed E-state index contributed by atoms with van der Waals surface area (Å²) >= 11 is 0. The lowest BCUT2D eigenvalue weighted by molar-refractivity contribution is -0.0536. The lowest BCUT2D eigenvalue weighted by atomic mass is 9.92. The molecule has 0 aliphatic rings. The molecule has 3 heteroatoms. The van der Waals surface area contributed by atoms with Gasteiger partial charge in [0, 0.05) is 5.92 Å². The van der Waals surface area contributed by atoms with E-state index in [9.17, 15) is 8.78 Å². The van der Waals surface area contributed by atoms with Gasteiger partial charge in [-0.1, -0.05) is 19.9 Å². The van der Waals surface area contributed by atoms with Gasteiger partial charge >= 0.3 is 0 Å². The van der Waals surface area contributed by atoms with Crippen LogP contribution in [0, 0.1) is 19.8 Å². The van der Waals surface area contributed by atoms with Crippen LogP contribution in [0.1, 0.15) is 30.5 Å². The lowest BCUT2D eigenvalue weighted by Gasteiger charge is -2.25. The average Bonchev–Trinajstić information content (AvgIpc) is 2.15. The number of benzene rings is 1. The zero-order valence-corrected chi connectivity index (χ0v) is 10.4. The summed E-state index contributed by atoms with van der Waals surface area (Å²) in [6, 6.07) is 3.41. The average molecular weight is 228 g/mol. The van der Waals surface area contributed by atoms with E-state index < -0.39 is 11.8 Å². The monoisotopic (exact) mass is 228 g/mol. The second-order valence-corrected chi connectivity index (χ2v) is 4.44. The van der Waals surface area contributed by atoms with Gasteiger partial charge in [0.1, 0.15) is 5.75 Å². The van der Waals surface area contributed by atoms with Gasteiger partial charge in [0.05, 0.1) is 12.7 Å². The van der Waals surface area contributed by atoms with Crippen molar-refractivity contribution >= 4 is 0 Å². The first-order chi connectivity index (χ1) is 7.30. The molecule has 0 atom stereocenters.